The molecule has 6 heteroatoms. The molecule has 1 amide bonds. The molecule has 2 aromatic rings. The summed E-state index contributed by atoms with van der Waals surface area (Å²) in [5, 5.41) is 0. The molecule has 0 aliphatic carbocycles. The SMILES string of the molecule is COc1ccc(SCC(=O)O[C@@H](C(=O)N(C)C)c2ccccc2)cc1. The molecule has 0 aliphatic rings. The number of amides is 1. The van der Waals surface area contributed by atoms with E-state index in [1.165, 1.54) is 16.7 Å². The standard InChI is InChI=1S/C19H21NO4S/c1-20(2)19(22)18(14-7-5-4-6-8-14)24-17(21)13-25-16-11-9-15(23-3)10-12-16/h4-12,18H,13H2,1-3H3/t18-/m1/s1. The van der Waals surface area contributed by atoms with Crippen molar-refractivity contribution in [2.45, 2.75) is 11.0 Å². The van der Waals surface area contributed by atoms with Crippen LogP contribution in [0.2, 0.25) is 0 Å². The highest BCUT2D eigenvalue weighted by molar-refractivity contribution is 8.00. The lowest BCUT2D eigenvalue weighted by atomic mass is 10.1. The highest BCUT2D eigenvalue weighted by Gasteiger charge is 2.26. The van der Waals surface area contributed by atoms with Crippen LogP contribution in [0.1, 0.15) is 11.7 Å². The van der Waals surface area contributed by atoms with Crippen LogP contribution in [0.5, 0.6) is 5.75 Å². The average molecular weight is 359 g/mol. The van der Waals surface area contributed by atoms with Gasteiger partial charge in [0.1, 0.15) is 5.75 Å². The van der Waals surface area contributed by atoms with E-state index in [4.69, 9.17) is 9.47 Å². The van der Waals surface area contributed by atoms with Gasteiger partial charge in [-0.05, 0) is 24.3 Å². The predicted octanol–water partition coefficient (Wildman–Crippen LogP) is 3.16. The number of ether oxygens (including phenoxy) is 2. The molecule has 2 aromatic carbocycles. The average Bonchev–Trinajstić information content (AvgIpc) is 2.65. The van der Waals surface area contributed by atoms with Gasteiger partial charge in [-0.1, -0.05) is 30.3 Å². The minimum absolute atomic E-state index is 0.121. The number of benzene rings is 2. The third-order valence-corrected chi connectivity index (χ3v) is 4.42. The smallest absolute Gasteiger partial charge is 0.317 e. The maximum atomic E-state index is 12.4. The van der Waals surface area contributed by atoms with Gasteiger partial charge in [-0.2, -0.15) is 0 Å². The molecule has 0 unspecified atom stereocenters. The molecule has 0 fully saturated rings. The highest BCUT2D eigenvalue weighted by Crippen LogP contribution is 2.24. The van der Waals surface area contributed by atoms with Crippen molar-refractivity contribution in [2.24, 2.45) is 0 Å². The van der Waals surface area contributed by atoms with Crippen molar-refractivity contribution in [3.05, 3.63) is 60.2 Å². The Balaban J connectivity index is 2.00. The molecule has 0 spiro atoms. The Morgan fingerprint density at radius 1 is 1.04 bits per heavy atom. The Hall–Kier alpha value is -2.47. The molecule has 0 radical (unpaired) electrons. The van der Waals surface area contributed by atoms with Crippen LogP contribution >= 0.6 is 11.8 Å². The van der Waals surface area contributed by atoms with Crippen LogP contribution in [0.3, 0.4) is 0 Å². The number of carbonyl (C=O) groups is 2. The fourth-order valence-corrected chi connectivity index (χ4v) is 2.78. The van der Waals surface area contributed by atoms with Gasteiger partial charge in [-0.25, -0.2) is 0 Å². The van der Waals surface area contributed by atoms with Gasteiger partial charge in [-0.15, -0.1) is 11.8 Å². The fraction of sp³-hybridized carbons (Fsp3) is 0.263. The summed E-state index contributed by atoms with van der Waals surface area (Å²) in [5.74, 6) is 0.169. The number of rotatable bonds is 7. The number of hydrogen-bond acceptors (Lipinski definition) is 5. The van der Waals surface area contributed by atoms with Crippen LogP contribution in [-0.2, 0) is 14.3 Å². The van der Waals surface area contributed by atoms with Crippen molar-refractivity contribution in [3.63, 3.8) is 0 Å². The molecule has 0 bridgehead atoms. The van der Waals surface area contributed by atoms with Gasteiger partial charge >= 0.3 is 5.97 Å². The zero-order valence-corrected chi connectivity index (χ0v) is 15.3. The van der Waals surface area contributed by atoms with E-state index in [1.807, 2.05) is 42.5 Å². The summed E-state index contributed by atoms with van der Waals surface area (Å²) in [5.41, 5.74) is 0.656. The number of esters is 1. The van der Waals surface area contributed by atoms with Crippen LogP contribution in [0, 0.1) is 0 Å². The highest BCUT2D eigenvalue weighted by atomic mass is 32.2. The lowest BCUT2D eigenvalue weighted by molar-refractivity contribution is -0.157. The van der Waals surface area contributed by atoms with E-state index in [2.05, 4.69) is 0 Å². The molecule has 0 aromatic heterocycles. The zero-order valence-electron chi connectivity index (χ0n) is 14.5. The van der Waals surface area contributed by atoms with E-state index in [9.17, 15) is 9.59 Å². The van der Waals surface area contributed by atoms with Crippen molar-refractivity contribution >= 4 is 23.6 Å². The van der Waals surface area contributed by atoms with Crippen LogP contribution in [-0.4, -0.2) is 43.7 Å². The van der Waals surface area contributed by atoms with Crippen molar-refractivity contribution in [3.8, 4) is 5.75 Å². The third-order valence-electron chi connectivity index (χ3n) is 3.43. The molecule has 0 N–H and O–H groups in total. The predicted molar refractivity (Wildman–Crippen MR) is 97.7 cm³/mol. The fourth-order valence-electron chi connectivity index (χ4n) is 2.10. The first-order valence-electron chi connectivity index (χ1n) is 7.73. The van der Waals surface area contributed by atoms with Crippen molar-refractivity contribution in [2.75, 3.05) is 27.0 Å². The van der Waals surface area contributed by atoms with E-state index < -0.39 is 12.1 Å². The lowest BCUT2D eigenvalue weighted by Crippen LogP contribution is -2.31. The molecule has 0 saturated carbocycles. The Labute approximate surface area is 151 Å². The van der Waals surface area contributed by atoms with Crippen LogP contribution in [0.25, 0.3) is 0 Å². The summed E-state index contributed by atoms with van der Waals surface area (Å²) in [6.07, 6.45) is -0.930. The number of carbonyl (C=O) groups excluding carboxylic acids is 2. The number of likely N-dealkylation sites (N-methyl/N-ethyl adjacent to an activating group) is 1. The Bertz CT molecular complexity index is 701. The van der Waals surface area contributed by atoms with Crippen LogP contribution in [0.15, 0.2) is 59.5 Å². The molecule has 2 rings (SSSR count). The van der Waals surface area contributed by atoms with Crippen LogP contribution in [0.4, 0.5) is 0 Å². The summed E-state index contributed by atoms with van der Waals surface area (Å²) in [4.78, 5) is 26.9. The first-order chi connectivity index (χ1) is 12.0. The first-order valence-corrected chi connectivity index (χ1v) is 8.72. The van der Waals surface area contributed by atoms with E-state index in [1.54, 1.807) is 33.3 Å². The molecule has 1 atom stereocenters. The van der Waals surface area contributed by atoms with Gasteiger partial charge in [0.2, 0.25) is 6.10 Å². The van der Waals surface area contributed by atoms with E-state index in [0.29, 0.717) is 5.56 Å². The molecule has 0 heterocycles. The second-order valence-corrected chi connectivity index (χ2v) is 6.53. The van der Waals surface area contributed by atoms with Crippen molar-refractivity contribution < 1.29 is 19.1 Å². The van der Waals surface area contributed by atoms with E-state index in [-0.39, 0.29) is 11.7 Å². The normalized spacial score (nSPS) is 11.5. The summed E-state index contributed by atoms with van der Waals surface area (Å²) in [6, 6.07) is 16.4. The molecular weight excluding hydrogens is 338 g/mol. The summed E-state index contributed by atoms with van der Waals surface area (Å²) in [7, 11) is 4.88. The molecule has 5 nitrogen and oxygen atoms in total. The van der Waals surface area contributed by atoms with Gasteiger partial charge < -0.3 is 14.4 Å². The topological polar surface area (TPSA) is 55.8 Å². The molecule has 0 saturated heterocycles. The third kappa shape index (κ3) is 5.53. The minimum atomic E-state index is -0.930. The Kier molecular flexibility index (Phi) is 6.89. The minimum Gasteiger partial charge on any atom is -0.497 e. The van der Waals surface area contributed by atoms with Gasteiger partial charge in [0.05, 0.1) is 12.9 Å². The number of methoxy groups -OCH3 is 1. The quantitative estimate of drug-likeness (QED) is 0.561. The molecule has 0 aliphatic heterocycles. The molecule has 132 valence electrons. The second kappa shape index (κ2) is 9.13. The van der Waals surface area contributed by atoms with Crippen molar-refractivity contribution in [1.82, 2.24) is 4.90 Å². The van der Waals surface area contributed by atoms with Crippen molar-refractivity contribution in [1.29, 1.82) is 0 Å². The monoisotopic (exact) mass is 359 g/mol. The zero-order chi connectivity index (χ0) is 18.2. The largest absolute Gasteiger partial charge is 0.497 e. The first kappa shape index (κ1) is 18.9. The maximum Gasteiger partial charge on any atom is 0.317 e. The Morgan fingerprint density at radius 2 is 1.68 bits per heavy atom. The summed E-state index contributed by atoms with van der Waals surface area (Å²) < 4.78 is 10.6. The molecular formula is C19H21NO4S. The van der Waals surface area contributed by atoms with E-state index >= 15 is 0 Å². The van der Waals surface area contributed by atoms with Gasteiger partial charge in [-0.3, -0.25) is 9.59 Å². The molecule has 25 heavy (non-hydrogen) atoms. The van der Waals surface area contributed by atoms with Gasteiger partial charge in [0.15, 0.2) is 0 Å². The summed E-state index contributed by atoms with van der Waals surface area (Å²) in [6.45, 7) is 0. The maximum absolute atomic E-state index is 12.4. The number of nitrogens with zero attached hydrogens (tertiary/aromatic N) is 1. The number of hydrogen-bond donors (Lipinski definition) is 0. The van der Waals surface area contributed by atoms with Gasteiger partial charge in [0, 0.05) is 24.6 Å². The Morgan fingerprint density at radius 3 is 2.24 bits per heavy atom. The van der Waals surface area contributed by atoms with Gasteiger partial charge in [0.25, 0.3) is 5.91 Å². The van der Waals surface area contributed by atoms with Crippen LogP contribution < -0.4 is 4.74 Å². The second-order valence-electron chi connectivity index (χ2n) is 5.48. The van der Waals surface area contributed by atoms with E-state index in [0.717, 1.165) is 10.6 Å². The number of thioether (sulfide) groups is 1. The summed E-state index contributed by atoms with van der Waals surface area (Å²) >= 11 is 1.35. The lowest BCUT2D eigenvalue weighted by Gasteiger charge is -2.21.